The van der Waals surface area contributed by atoms with Gasteiger partial charge in [-0.2, -0.15) is 9.90 Å². The molecule has 4 rings (SSSR count). The van der Waals surface area contributed by atoms with Gasteiger partial charge < -0.3 is 10.6 Å². The summed E-state index contributed by atoms with van der Waals surface area (Å²) in [7, 11) is 1.47. The Morgan fingerprint density at radius 2 is 1.97 bits per heavy atom. The fourth-order valence-electron chi connectivity index (χ4n) is 3.39. The first kappa shape index (κ1) is 23.5. The zero-order valence-corrected chi connectivity index (χ0v) is 19.7. The van der Waals surface area contributed by atoms with Crippen molar-refractivity contribution >= 4 is 34.8 Å². The van der Waals surface area contributed by atoms with Crippen LogP contribution in [0.15, 0.2) is 36.5 Å². The SMILES string of the molecule is [C-]#[N+]c1cc(C)c(NC(=O)c2cc(Cn3nnc(C)n3)nn2-c2ncccc2Cl)c(C(=O)NC)c1. The van der Waals surface area contributed by atoms with Crippen molar-refractivity contribution in [3.8, 4) is 5.82 Å². The van der Waals surface area contributed by atoms with Crippen LogP contribution in [0.4, 0.5) is 11.4 Å². The third kappa shape index (κ3) is 4.85. The molecule has 0 spiro atoms. The molecule has 3 heterocycles. The molecular weight excluding hydrogens is 472 g/mol. The molecule has 13 heteroatoms. The summed E-state index contributed by atoms with van der Waals surface area (Å²) < 4.78 is 1.32. The van der Waals surface area contributed by atoms with Crippen molar-refractivity contribution in [1.82, 2.24) is 40.3 Å². The van der Waals surface area contributed by atoms with Crippen LogP contribution >= 0.6 is 11.6 Å². The molecule has 0 aliphatic carbocycles. The highest BCUT2D eigenvalue weighted by molar-refractivity contribution is 6.32. The number of rotatable bonds is 6. The molecule has 4 aromatic rings. The lowest BCUT2D eigenvalue weighted by atomic mass is 10.1. The molecule has 0 atom stereocenters. The van der Waals surface area contributed by atoms with E-state index in [4.69, 9.17) is 18.2 Å². The van der Waals surface area contributed by atoms with E-state index in [0.717, 1.165) is 0 Å². The average Bonchev–Trinajstić information content (AvgIpc) is 3.45. The molecule has 1 aromatic carbocycles. The van der Waals surface area contributed by atoms with Gasteiger partial charge in [0.05, 0.1) is 28.5 Å². The number of tetrazole rings is 1. The number of carbonyl (C=O) groups is 2. The molecule has 35 heavy (non-hydrogen) atoms. The highest BCUT2D eigenvalue weighted by Crippen LogP contribution is 2.28. The van der Waals surface area contributed by atoms with Gasteiger partial charge in [-0.25, -0.2) is 14.5 Å². The van der Waals surface area contributed by atoms with Crippen LogP contribution in [0.3, 0.4) is 0 Å². The number of anilines is 1. The van der Waals surface area contributed by atoms with Gasteiger partial charge >= 0.3 is 0 Å². The van der Waals surface area contributed by atoms with E-state index in [1.807, 2.05) is 0 Å². The Morgan fingerprint density at radius 1 is 1.17 bits per heavy atom. The Bertz CT molecular complexity index is 1480. The number of halogens is 1. The number of amides is 2. The fraction of sp³-hybridized carbons (Fsp3) is 0.182. The van der Waals surface area contributed by atoms with Gasteiger partial charge in [-0.15, -0.1) is 10.2 Å². The van der Waals surface area contributed by atoms with E-state index in [1.165, 1.54) is 28.8 Å². The maximum atomic E-state index is 13.5. The summed E-state index contributed by atoms with van der Waals surface area (Å²) in [6.07, 6.45) is 1.53. The molecule has 0 saturated heterocycles. The zero-order valence-electron chi connectivity index (χ0n) is 18.9. The summed E-state index contributed by atoms with van der Waals surface area (Å²) in [5, 5.41) is 22.0. The summed E-state index contributed by atoms with van der Waals surface area (Å²) in [5.41, 5.74) is 1.85. The van der Waals surface area contributed by atoms with Gasteiger partial charge in [-0.3, -0.25) is 9.59 Å². The van der Waals surface area contributed by atoms with Crippen molar-refractivity contribution < 1.29 is 9.59 Å². The Hall–Kier alpha value is -4.63. The number of nitrogens with zero attached hydrogens (tertiary/aromatic N) is 8. The Balaban J connectivity index is 1.78. The van der Waals surface area contributed by atoms with E-state index < -0.39 is 11.8 Å². The molecular formula is C22H19ClN10O2. The Morgan fingerprint density at radius 3 is 2.63 bits per heavy atom. The molecule has 0 unspecified atom stereocenters. The number of nitrogens with one attached hydrogen (secondary N) is 2. The van der Waals surface area contributed by atoms with Crippen LogP contribution in [0.1, 0.15) is 37.9 Å². The number of benzene rings is 1. The molecule has 2 N–H and O–H groups in total. The Kier molecular flexibility index (Phi) is 6.52. The van der Waals surface area contributed by atoms with E-state index in [0.29, 0.717) is 17.1 Å². The second kappa shape index (κ2) is 9.70. The van der Waals surface area contributed by atoms with E-state index in [9.17, 15) is 9.59 Å². The second-order valence-corrected chi connectivity index (χ2v) is 7.85. The second-order valence-electron chi connectivity index (χ2n) is 7.44. The molecule has 0 aliphatic heterocycles. The molecule has 0 radical (unpaired) electrons. The lowest BCUT2D eigenvalue weighted by Gasteiger charge is -2.15. The van der Waals surface area contributed by atoms with E-state index in [1.54, 1.807) is 38.1 Å². The first-order valence-corrected chi connectivity index (χ1v) is 10.7. The molecule has 12 nitrogen and oxygen atoms in total. The van der Waals surface area contributed by atoms with E-state index >= 15 is 0 Å². The fourth-order valence-corrected chi connectivity index (χ4v) is 3.59. The minimum atomic E-state index is -0.558. The van der Waals surface area contributed by atoms with Crippen molar-refractivity contribution in [1.29, 1.82) is 0 Å². The maximum Gasteiger partial charge on any atom is 0.274 e. The smallest absolute Gasteiger partial charge is 0.274 e. The summed E-state index contributed by atoms with van der Waals surface area (Å²) in [4.78, 5) is 35.0. The normalized spacial score (nSPS) is 10.6. The van der Waals surface area contributed by atoms with Gasteiger partial charge in [0.15, 0.2) is 17.3 Å². The van der Waals surface area contributed by atoms with Crippen LogP contribution in [0, 0.1) is 20.4 Å². The highest BCUT2D eigenvalue weighted by Gasteiger charge is 2.23. The number of carbonyl (C=O) groups excluding carboxylic acids is 2. The Labute approximate surface area is 204 Å². The topological polar surface area (TPSA) is 137 Å². The van der Waals surface area contributed by atoms with Crippen molar-refractivity contribution in [2.75, 3.05) is 12.4 Å². The average molecular weight is 491 g/mol. The number of pyridine rings is 1. The summed E-state index contributed by atoms with van der Waals surface area (Å²) in [5.74, 6) is -0.254. The lowest BCUT2D eigenvalue weighted by molar-refractivity contribution is 0.0964. The van der Waals surface area contributed by atoms with Crippen molar-refractivity contribution in [3.05, 3.63) is 81.3 Å². The molecule has 0 aliphatic rings. The van der Waals surface area contributed by atoms with Crippen molar-refractivity contribution in [3.63, 3.8) is 0 Å². The monoisotopic (exact) mass is 490 g/mol. The molecule has 176 valence electrons. The van der Waals surface area contributed by atoms with Crippen LogP contribution in [-0.2, 0) is 6.54 Å². The first-order chi connectivity index (χ1) is 16.8. The van der Waals surface area contributed by atoms with Gasteiger partial charge in [-0.05, 0) is 48.9 Å². The van der Waals surface area contributed by atoms with Gasteiger partial charge in [-0.1, -0.05) is 17.7 Å². The van der Waals surface area contributed by atoms with E-state index in [2.05, 4.69) is 41.0 Å². The zero-order chi connectivity index (χ0) is 25.1. The van der Waals surface area contributed by atoms with Gasteiger partial charge in [0.1, 0.15) is 12.2 Å². The predicted molar refractivity (Wildman–Crippen MR) is 127 cm³/mol. The minimum Gasteiger partial charge on any atom is -0.355 e. The highest BCUT2D eigenvalue weighted by atomic mass is 35.5. The van der Waals surface area contributed by atoms with Crippen molar-refractivity contribution in [2.24, 2.45) is 0 Å². The number of hydrogen-bond acceptors (Lipinski definition) is 7. The van der Waals surface area contributed by atoms with Crippen LogP contribution in [0.2, 0.25) is 5.02 Å². The number of aryl methyl sites for hydroxylation is 2. The lowest BCUT2D eigenvalue weighted by Crippen LogP contribution is -2.23. The van der Waals surface area contributed by atoms with Crippen LogP contribution < -0.4 is 10.6 Å². The summed E-state index contributed by atoms with van der Waals surface area (Å²) >= 11 is 6.34. The van der Waals surface area contributed by atoms with Gasteiger partial charge in [0, 0.05) is 13.2 Å². The van der Waals surface area contributed by atoms with Gasteiger partial charge in [0.2, 0.25) is 0 Å². The quantitative estimate of drug-likeness (QED) is 0.396. The van der Waals surface area contributed by atoms with Crippen molar-refractivity contribution in [2.45, 2.75) is 20.4 Å². The molecule has 0 bridgehead atoms. The van der Waals surface area contributed by atoms with Gasteiger partial charge in [0.25, 0.3) is 11.8 Å². The minimum absolute atomic E-state index is 0.119. The predicted octanol–water partition coefficient (Wildman–Crippen LogP) is 2.74. The largest absolute Gasteiger partial charge is 0.355 e. The molecule has 2 amide bonds. The third-order valence-corrected chi connectivity index (χ3v) is 5.24. The molecule has 0 saturated carbocycles. The number of aromatic nitrogens is 7. The van der Waals surface area contributed by atoms with Crippen LogP contribution in [-0.4, -0.2) is 53.8 Å². The standard InChI is InChI=1S/C22H19ClN10O2/c1-12-8-14(24-3)9-16(21(34)25-4)19(12)27-22(35)18-10-15(11-32-29-13(2)28-31-32)30-33(18)20-17(23)6-5-7-26-20/h5-10H,11H2,1-2,4H3,(H,25,34)(H,27,35). The van der Waals surface area contributed by atoms with Crippen LogP contribution in [0.25, 0.3) is 10.7 Å². The molecule has 3 aromatic heterocycles. The number of hydrogen-bond donors (Lipinski definition) is 2. The van der Waals surface area contributed by atoms with E-state index in [-0.39, 0.29) is 40.0 Å². The summed E-state index contributed by atoms with van der Waals surface area (Å²) in [6.45, 7) is 10.8. The maximum absolute atomic E-state index is 13.5. The molecule has 0 fully saturated rings. The van der Waals surface area contributed by atoms with Crippen LogP contribution in [0.5, 0.6) is 0 Å². The first-order valence-electron chi connectivity index (χ1n) is 10.3. The summed E-state index contributed by atoms with van der Waals surface area (Å²) in [6, 6.07) is 7.86. The third-order valence-electron chi connectivity index (χ3n) is 4.95.